The molecule has 1 unspecified atom stereocenters. The van der Waals surface area contributed by atoms with Crippen molar-refractivity contribution in [3.05, 3.63) is 29.6 Å². The van der Waals surface area contributed by atoms with E-state index in [1.165, 1.54) is 0 Å². The van der Waals surface area contributed by atoms with Gasteiger partial charge >= 0.3 is 0 Å². The average Bonchev–Trinajstić information content (AvgIpc) is 2.38. The Morgan fingerprint density at radius 3 is 2.94 bits per heavy atom. The van der Waals surface area contributed by atoms with Gasteiger partial charge in [0, 0.05) is 37.8 Å². The lowest BCUT2D eigenvalue weighted by molar-refractivity contribution is -0.125. The Morgan fingerprint density at radius 1 is 1.50 bits per heavy atom. The number of ketones is 1. The van der Waals surface area contributed by atoms with E-state index >= 15 is 0 Å². The standard InChI is InChI=1S/C14H18N2O2/c1-3-11-9-16(5-4-13(11)17)14(18)12-6-10(2)7-15-8-12/h6-8,11H,3-5,9H2,1-2H3. The molecule has 2 heterocycles. The zero-order valence-corrected chi connectivity index (χ0v) is 10.8. The third-order valence-electron chi connectivity index (χ3n) is 3.43. The Bertz CT molecular complexity index is 471. The number of carbonyl (C=O) groups is 2. The molecule has 0 saturated carbocycles. The quantitative estimate of drug-likeness (QED) is 0.800. The normalized spacial score (nSPS) is 20.0. The van der Waals surface area contributed by atoms with Crippen LogP contribution in [0.25, 0.3) is 0 Å². The smallest absolute Gasteiger partial charge is 0.255 e. The van der Waals surface area contributed by atoms with E-state index in [-0.39, 0.29) is 17.6 Å². The minimum absolute atomic E-state index is 0.000434. The van der Waals surface area contributed by atoms with Gasteiger partial charge in [-0.2, -0.15) is 0 Å². The van der Waals surface area contributed by atoms with Gasteiger partial charge in [-0.15, -0.1) is 0 Å². The topological polar surface area (TPSA) is 50.3 Å². The molecule has 96 valence electrons. The highest BCUT2D eigenvalue weighted by molar-refractivity contribution is 5.95. The van der Waals surface area contributed by atoms with Gasteiger partial charge in [-0.1, -0.05) is 6.92 Å². The van der Waals surface area contributed by atoms with E-state index in [1.807, 2.05) is 19.9 Å². The summed E-state index contributed by atoms with van der Waals surface area (Å²) in [6.07, 6.45) is 4.59. The molecule has 0 spiro atoms. The zero-order valence-electron chi connectivity index (χ0n) is 10.8. The van der Waals surface area contributed by atoms with Gasteiger partial charge in [0.25, 0.3) is 5.91 Å². The first-order valence-corrected chi connectivity index (χ1v) is 6.35. The van der Waals surface area contributed by atoms with E-state index in [4.69, 9.17) is 0 Å². The van der Waals surface area contributed by atoms with Crippen LogP contribution in [0, 0.1) is 12.8 Å². The summed E-state index contributed by atoms with van der Waals surface area (Å²) in [5.74, 6) is 0.265. The van der Waals surface area contributed by atoms with Crippen LogP contribution in [0.3, 0.4) is 0 Å². The van der Waals surface area contributed by atoms with Crippen molar-refractivity contribution in [3.8, 4) is 0 Å². The predicted molar refractivity (Wildman–Crippen MR) is 68.3 cm³/mol. The summed E-state index contributed by atoms with van der Waals surface area (Å²) in [7, 11) is 0. The number of aryl methyl sites for hydroxylation is 1. The number of hydrogen-bond donors (Lipinski definition) is 0. The summed E-state index contributed by atoms with van der Waals surface area (Å²) in [6.45, 7) is 4.98. The fourth-order valence-electron chi connectivity index (χ4n) is 2.30. The summed E-state index contributed by atoms with van der Waals surface area (Å²) in [5.41, 5.74) is 1.58. The molecule has 4 nitrogen and oxygen atoms in total. The van der Waals surface area contributed by atoms with Crippen LogP contribution in [0.5, 0.6) is 0 Å². The molecule has 18 heavy (non-hydrogen) atoms. The van der Waals surface area contributed by atoms with E-state index in [0.717, 1.165) is 12.0 Å². The maximum absolute atomic E-state index is 12.3. The van der Waals surface area contributed by atoms with Crippen molar-refractivity contribution in [1.29, 1.82) is 0 Å². The minimum atomic E-state index is -0.0165. The van der Waals surface area contributed by atoms with Gasteiger partial charge in [0.2, 0.25) is 0 Å². The highest BCUT2D eigenvalue weighted by atomic mass is 16.2. The molecule has 1 fully saturated rings. The SMILES string of the molecule is CCC1CN(C(=O)c2cncc(C)c2)CCC1=O. The molecule has 1 aromatic heterocycles. The maximum Gasteiger partial charge on any atom is 0.255 e. The second-order valence-corrected chi connectivity index (χ2v) is 4.82. The Balaban J connectivity index is 2.12. The summed E-state index contributed by atoms with van der Waals surface area (Å²) in [6, 6.07) is 1.84. The van der Waals surface area contributed by atoms with Crippen LogP contribution in [-0.4, -0.2) is 34.7 Å². The monoisotopic (exact) mass is 246 g/mol. The fraction of sp³-hybridized carbons (Fsp3) is 0.500. The maximum atomic E-state index is 12.3. The number of piperidine rings is 1. The molecule has 1 aromatic rings. The molecule has 0 radical (unpaired) electrons. The number of pyridine rings is 1. The average molecular weight is 246 g/mol. The molecule has 0 aromatic carbocycles. The van der Waals surface area contributed by atoms with E-state index < -0.39 is 0 Å². The highest BCUT2D eigenvalue weighted by Gasteiger charge is 2.29. The van der Waals surface area contributed by atoms with Crippen LogP contribution in [0.1, 0.15) is 35.7 Å². The number of rotatable bonds is 2. The van der Waals surface area contributed by atoms with Crippen molar-refractivity contribution in [2.75, 3.05) is 13.1 Å². The Kier molecular flexibility index (Phi) is 3.75. The fourth-order valence-corrected chi connectivity index (χ4v) is 2.30. The van der Waals surface area contributed by atoms with E-state index in [9.17, 15) is 9.59 Å². The molecule has 1 saturated heterocycles. The summed E-state index contributed by atoms with van der Waals surface area (Å²) < 4.78 is 0. The molecular weight excluding hydrogens is 228 g/mol. The van der Waals surface area contributed by atoms with Crippen molar-refractivity contribution in [3.63, 3.8) is 0 Å². The number of likely N-dealkylation sites (tertiary alicyclic amines) is 1. The highest BCUT2D eigenvalue weighted by Crippen LogP contribution is 2.18. The third-order valence-corrected chi connectivity index (χ3v) is 3.43. The molecule has 0 bridgehead atoms. The lowest BCUT2D eigenvalue weighted by Crippen LogP contribution is -2.44. The zero-order chi connectivity index (χ0) is 13.1. The molecular formula is C14H18N2O2. The number of hydrogen-bond acceptors (Lipinski definition) is 3. The summed E-state index contributed by atoms with van der Waals surface area (Å²) >= 11 is 0. The molecule has 0 N–H and O–H groups in total. The molecule has 1 amide bonds. The van der Waals surface area contributed by atoms with Crippen molar-refractivity contribution in [2.24, 2.45) is 5.92 Å². The van der Waals surface area contributed by atoms with Crippen LogP contribution in [0.2, 0.25) is 0 Å². The van der Waals surface area contributed by atoms with Crippen molar-refractivity contribution < 1.29 is 9.59 Å². The van der Waals surface area contributed by atoms with Gasteiger partial charge < -0.3 is 4.90 Å². The minimum Gasteiger partial charge on any atom is -0.337 e. The van der Waals surface area contributed by atoms with Gasteiger partial charge in [-0.05, 0) is 25.0 Å². The number of aromatic nitrogens is 1. The van der Waals surface area contributed by atoms with E-state index in [0.29, 0.717) is 25.1 Å². The van der Waals surface area contributed by atoms with Crippen LogP contribution in [-0.2, 0) is 4.79 Å². The number of Topliss-reactive ketones (excluding diaryl/α,β-unsaturated/α-hetero) is 1. The summed E-state index contributed by atoms with van der Waals surface area (Å²) in [4.78, 5) is 29.7. The van der Waals surface area contributed by atoms with Crippen LogP contribution in [0.15, 0.2) is 18.5 Å². The number of carbonyl (C=O) groups excluding carboxylic acids is 2. The second-order valence-electron chi connectivity index (χ2n) is 4.82. The van der Waals surface area contributed by atoms with Gasteiger partial charge in [-0.3, -0.25) is 14.6 Å². The Morgan fingerprint density at radius 2 is 2.28 bits per heavy atom. The first-order chi connectivity index (χ1) is 8.61. The first kappa shape index (κ1) is 12.7. The molecule has 0 aliphatic carbocycles. The number of amides is 1. The molecule has 1 atom stereocenters. The largest absolute Gasteiger partial charge is 0.337 e. The lowest BCUT2D eigenvalue weighted by Gasteiger charge is -2.31. The summed E-state index contributed by atoms with van der Waals surface area (Å²) in [5, 5.41) is 0. The van der Waals surface area contributed by atoms with Crippen molar-refractivity contribution in [1.82, 2.24) is 9.88 Å². The van der Waals surface area contributed by atoms with Crippen molar-refractivity contribution in [2.45, 2.75) is 26.7 Å². The Hall–Kier alpha value is -1.71. The Labute approximate surface area is 107 Å². The van der Waals surface area contributed by atoms with E-state index in [2.05, 4.69) is 4.98 Å². The van der Waals surface area contributed by atoms with Gasteiger partial charge in [0.05, 0.1) is 5.56 Å². The van der Waals surface area contributed by atoms with Gasteiger partial charge in [0.1, 0.15) is 5.78 Å². The van der Waals surface area contributed by atoms with Crippen LogP contribution in [0.4, 0.5) is 0 Å². The molecule has 1 aliphatic rings. The van der Waals surface area contributed by atoms with E-state index in [1.54, 1.807) is 17.3 Å². The van der Waals surface area contributed by atoms with Gasteiger partial charge in [-0.25, -0.2) is 0 Å². The molecule has 4 heteroatoms. The second kappa shape index (κ2) is 5.29. The van der Waals surface area contributed by atoms with Gasteiger partial charge in [0.15, 0.2) is 0 Å². The van der Waals surface area contributed by atoms with Crippen LogP contribution >= 0.6 is 0 Å². The lowest BCUT2D eigenvalue weighted by atomic mass is 9.94. The predicted octanol–water partition coefficient (Wildman–Crippen LogP) is 1.83. The molecule has 2 rings (SSSR count). The van der Waals surface area contributed by atoms with Crippen molar-refractivity contribution >= 4 is 11.7 Å². The van der Waals surface area contributed by atoms with Crippen LogP contribution < -0.4 is 0 Å². The first-order valence-electron chi connectivity index (χ1n) is 6.35. The third kappa shape index (κ3) is 2.58. The molecule has 1 aliphatic heterocycles. The number of nitrogens with zero attached hydrogens (tertiary/aromatic N) is 2.